The molecule has 1 aliphatic rings. The Bertz CT molecular complexity index is 1040. The van der Waals surface area contributed by atoms with Crippen LogP contribution in [0, 0.1) is 12.7 Å². The monoisotopic (exact) mass is 397 g/mol. The van der Waals surface area contributed by atoms with Crippen LogP contribution in [0.25, 0.3) is 11.1 Å². The van der Waals surface area contributed by atoms with E-state index in [-0.39, 0.29) is 23.9 Å². The van der Waals surface area contributed by atoms with Crippen LogP contribution in [0.5, 0.6) is 0 Å². The Hall–Kier alpha value is -3.16. The number of anilines is 1. The number of aryl methyl sites for hydroxylation is 1. The number of pyridine rings is 1. The molecule has 0 unspecified atom stereocenters. The number of oxazole rings is 1. The number of halogens is 1. The number of nitrogens with one attached hydrogen (secondary N) is 1. The molecule has 1 saturated heterocycles. The second-order valence-corrected chi connectivity index (χ2v) is 7.41. The summed E-state index contributed by atoms with van der Waals surface area (Å²) >= 11 is 0. The number of para-hydroxylation sites is 1. The van der Waals surface area contributed by atoms with E-state index in [4.69, 9.17) is 4.42 Å². The van der Waals surface area contributed by atoms with Crippen molar-refractivity contribution >= 4 is 22.8 Å². The van der Waals surface area contributed by atoms with E-state index < -0.39 is 0 Å². The van der Waals surface area contributed by atoms with Gasteiger partial charge in [0.2, 0.25) is 0 Å². The Morgan fingerprint density at radius 2 is 2.17 bits per heavy atom. The summed E-state index contributed by atoms with van der Waals surface area (Å²) in [7, 11) is 0. The summed E-state index contributed by atoms with van der Waals surface area (Å²) < 4.78 is 19.6. The smallest absolute Gasteiger partial charge is 0.318 e. The minimum absolute atomic E-state index is 0.0615. The highest BCUT2D eigenvalue weighted by Crippen LogP contribution is 2.25. The molecule has 2 aromatic heterocycles. The fourth-order valence-corrected chi connectivity index (χ4v) is 3.88. The van der Waals surface area contributed by atoms with Crippen molar-refractivity contribution in [3.63, 3.8) is 0 Å². The van der Waals surface area contributed by atoms with Crippen LogP contribution in [0.15, 0.2) is 41.1 Å². The predicted octanol–water partition coefficient (Wildman–Crippen LogP) is 3.65. The van der Waals surface area contributed by atoms with E-state index in [1.807, 2.05) is 36.9 Å². The molecule has 0 aliphatic carbocycles. The third-order valence-corrected chi connectivity index (χ3v) is 5.34. The van der Waals surface area contributed by atoms with Gasteiger partial charge in [-0.15, -0.1) is 0 Å². The number of urea groups is 1. The number of fused-ring (bicyclic) bond motifs is 1. The van der Waals surface area contributed by atoms with Crippen molar-refractivity contribution in [1.82, 2.24) is 20.2 Å². The van der Waals surface area contributed by atoms with Crippen molar-refractivity contribution in [3.8, 4) is 0 Å². The van der Waals surface area contributed by atoms with Crippen LogP contribution in [0.1, 0.15) is 31.3 Å². The van der Waals surface area contributed by atoms with Crippen LogP contribution in [0.2, 0.25) is 0 Å². The van der Waals surface area contributed by atoms with Gasteiger partial charge in [0.15, 0.2) is 17.3 Å². The molecule has 4 rings (SSSR count). The molecule has 29 heavy (non-hydrogen) atoms. The van der Waals surface area contributed by atoms with Crippen LogP contribution in [-0.4, -0.2) is 46.6 Å². The van der Waals surface area contributed by atoms with Gasteiger partial charge in [-0.3, -0.25) is 4.98 Å². The molecule has 0 spiro atoms. The fourth-order valence-electron chi connectivity index (χ4n) is 3.88. The Balaban J connectivity index is 1.44. The number of hydrogen-bond donors (Lipinski definition) is 1. The van der Waals surface area contributed by atoms with Crippen molar-refractivity contribution in [2.45, 2.75) is 32.9 Å². The minimum Gasteiger partial charge on any atom is -0.441 e. The van der Waals surface area contributed by atoms with Crippen molar-refractivity contribution in [3.05, 3.63) is 53.9 Å². The highest BCUT2D eigenvalue weighted by molar-refractivity contribution is 5.80. The lowest BCUT2D eigenvalue weighted by Crippen LogP contribution is -2.57. The van der Waals surface area contributed by atoms with Crippen LogP contribution >= 0.6 is 0 Å². The highest BCUT2D eigenvalue weighted by atomic mass is 19.1. The fraction of sp³-hybridized carbons (Fsp3) is 0.381. The molecule has 3 aromatic rings. The summed E-state index contributed by atoms with van der Waals surface area (Å²) in [6, 6.07) is 6.95. The molecule has 3 heterocycles. The first kappa shape index (κ1) is 19.2. The number of nitrogens with zero attached hydrogens (tertiary/aromatic N) is 4. The van der Waals surface area contributed by atoms with Crippen molar-refractivity contribution in [1.29, 1.82) is 0 Å². The Morgan fingerprint density at radius 3 is 2.93 bits per heavy atom. The molecule has 1 aliphatic heterocycles. The lowest BCUT2D eigenvalue weighted by Gasteiger charge is -2.41. The first-order chi connectivity index (χ1) is 13.9. The van der Waals surface area contributed by atoms with Crippen molar-refractivity contribution in [2.24, 2.45) is 0 Å². The normalized spacial score (nSPS) is 18.1. The molecule has 8 heteroatoms. The molecule has 0 bridgehead atoms. The van der Waals surface area contributed by atoms with E-state index in [2.05, 4.69) is 15.3 Å². The Morgan fingerprint density at radius 1 is 1.34 bits per heavy atom. The summed E-state index contributed by atoms with van der Waals surface area (Å²) in [5.74, 6) is 0.251. The number of rotatable bonds is 3. The third-order valence-electron chi connectivity index (χ3n) is 5.34. The molecule has 1 fully saturated rings. The van der Waals surface area contributed by atoms with Gasteiger partial charge in [0.1, 0.15) is 5.52 Å². The Labute approximate surface area is 168 Å². The summed E-state index contributed by atoms with van der Waals surface area (Å²) in [5.41, 5.74) is 2.91. The number of carbonyl (C=O) groups excluding carboxylic acids is 1. The average molecular weight is 397 g/mol. The number of piperazine rings is 1. The molecule has 0 radical (unpaired) electrons. The second kappa shape index (κ2) is 7.69. The summed E-state index contributed by atoms with van der Waals surface area (Å²) in [4.78, 5) is 24.9. The van der Waals surface area contributed by atoms with Crippen LogP contribution < -0.4 is 10.2 Å². The van der Waals surface area contributed by atoms with Crippen LogP contribution in [0.3, 0.4) is 0 Å². The molecule has 1 aromatic carbocycles. The number of hydrogen-bond acceptors (Lipinski definition) is 5. The summed E-state index contributed by atoms with van der Waals surface area (Å²) in [6.07, 6.45) is 2.79. The van der Waals surface area contributed by atoms with E-state index in [0.717, 1.165) is 11.1 Å². The zero-order valence-electron chi connectivity index (χ0n) is 16.7. The quantitative estimate of drug-likeness (QED) is 0.730. The second-order valence-electron chi connectivity index (χ2n) is 7.41. The van der Waals surface area contributed by atoms with Gasteiger partial charge < -0.3 is 19.5 Å². The zero-order chi connectivity index (χ0) is 20.5. The first-order valence-corrected chi connectivity index (χ1v) is 9.71. The standard InChI is InChI=1S/C21H24FN5O2/c1-13-12-26(18-7-8-23-11-17(18)22)9-10-27(13)21(28)24-14(2)16-5-4-6-19-20(16)25-15(3)29-19/h4-8,11,13-14H,9-10,12H2,1-3H3,(H,24,28)/t13-,14-/m1/s1. The molecule has 2 amide bonds. The van der Waals surface area contributed by atoms with Gasteiger partial charge in [-0.2, -0.15) is 0 Å². The number of carbonyl (C=O) groups is 1. The third kappa shape index (κ3) is 3.74. The van der Waals surface area contributed by atoms with Gasteiger partial charge in [-0.25, -0.2) is 14.2 Å². The molecule has 1 N–H and O–H groups in total. The van der Waals surface area contributed by atoms with Gasteiger partial charge >= 0.3 is 6.03 Å². The van der Waals surface area contributed by atoms with Crippen LogP contribution in [0.4, 0.5) is 14.9 Å². The lowest BCUT2D eigenvalue weighted by molar-refractivity contribution is 0.168. The maximum Gasteiger partial charge on any atom is 0.318 e. The van der Waals surface area contributed by atoms with E-state index in [0.29, 0.717) is 36.8 Å². The molecule has 7 nitrogen and oxygen atoms in total. The van der Waals surface area contributed by atoms with Gasteiger partial charge in [-0.1, -0.05) is 12.1 Å². The van der Waals surface area contributed by atoms with E-state index in [1.54, 1.807) is 24.1 Å². The highest BCUT2D eigenvalue weighted by Gasteiger charge is 2.29. The van der Waals surface area contributed by atoms with E-state index >= 15 is 0 Å². The summed E-state index contributed by atoms with van der Waals surface area (Å²) in [6.45, 7) is 7.33. The largest absolute Gasteiger partial charge is 0.441 e. The minimum atomic E-state index is -0.345. The Kier molecular flexibility index (Phi) is 5.08. The average Bonchev–Trinajstić information content (AvgIpc) is 3.08. The lowest BCUT2D eigenvalue weighted by atomic mass is 10.1. The molecular formula is C21H24FN5O2. The maximum atomic E-state index is 14.0. The number of aromatic nitrogens is 2. The number of amides is 2. The van der Waals surface area contributed by atoms with E-state index in [9.17, 15) is 9.18 Å². The molecular weight excluding hydrogens is 373 g/mol. The van der Waals surface area contributed by atoms with Gasteiger partial charge in [0.05, 0.1) is 17.9 Å². The van der Waals surface area contributed by atoms with Crippen LogP contribution in [-0.2, 0) is 0 Å². The SMILES string of the molecule is Cc1nc2c([C@@H](C)NC(=O)N3CCN(c4ccncc4F)C[C@H]3C)cccc2o1. The van der Waals surface area contributed by atoms with Crippen molar-refractivity contribution in [2.75, 3.05) is 24.5 Å². The molecule has 0 saturated carbocycles. The molecule has 2 atom stereocenters. The van der Waals surface area contributed by atoms with Gasteiger partial charge in [0.25, 0.3) is 0 Å². The van der Waals surface area contributed by atoms with Gasteiger partial charge in [0, 0.05) is 44.4 Å². The summed E-state index contributed by atoms with van der Waals surface area (Å²) in [5, 5.41) is 3.07. The predicted molar refractivity (Wildman–Crippen MR) is 108 cm³/mol. The van der Waals surface area contributed by atoms with E-state index in [1.165, 1.54) is 6.20 Å². The molecule has 152 valence electrons. The topological polar surface area (TPSA) is 74.5 Å². The first-order valence-electron chi connectivity index (χ1n) is 9.71. The maximum absolute atomic E-state index is 14.0. The zero-order valence-corrected chi connectivity index (χ0v) is 16.7. The number of benzene rings is 1. The van der Waals surface area contributed by atoms with Crippen molar-refractivity contribution < 1.29 is 13.6 Å². The van der Waals surface area contributed by atoms with Gasteiger partial charge in [-0.05, 0) is 26.0 Å².